The molecule has 5 nitrogen and oxygen atoms in total. The number of aromatic hydroxyl groups is 2. The van der Waals surface area contributed by atoms with Crippen molar-refractivity contribution >= 4 is 23.1 Å². The van der Waals surface area contributed by atoms with Crippen LogP contribution in [0.25, 0.3) is 0 Å². The van der Waals surface area contributed by atoms with Crippen molar-refractivity contribution in [1.29, 1.82) is 0 Å². The van der Waals surface area contributed by atoms with E-state index in [-0.39, 0.29) is 11.3 Å². The number of benzene rings is 2. The second-order valence-electron chi connectivity index (χ2n) is 4.13. The van der Waals surface area contributed by atoms with Crippen LogP contribution in [0, 0.1) is 0 Å². The van der Waals surface area contributed by atoms with Gasteiger partial charge in [-0.05, 0) is 24.3 Å². The van der Waals surface area contributed by atoms with E-state index in [9.17, 15) is 19.8 Å². The fourth-order valence-corrected chi connectivity index (χ4v) is 2.13. The number of Topliss-reactive ketones (excluding diaryl/α,β-unsaturated/α-hetero) is 1. The molecule has 0 saturated heterocycles. The van der Waals surface area contributed by atoms with Crippen molar-refractivity contribution in [2.75, 3.05) is 4.90 Å². The van der Waals surface area contributed by atoms with Crippen LogP contribution in [-0.4, -0.2) is 21.9 Å². The molecule has 19 heavy (non-hydrogen) atoms. The van der Waals surface area contributed by atoms with E-state index in [0.29, 0.717) is 5.69 Å². The molecule has 0 aromatic heterocycles. The molecular formula is C14H9NO4. The van der Waals surface area contributed by atoms with E-state index < -0.39 is 23.2 Å². The number of phenolic OH excluding ortho intramolecular Hbond substituents is 2. The number of carbonyl (C=O) groups excluding carboxylic acids is 2. The summed E-state index contributed by atoms with van der Waals surface area (Å²) >= 11 is 0. The monoisotopic (exact) mass is 255 g/mol. The lowest BCUT2D eigenvalue weighted by Gasteiger charge is -2.16. The highest BCUT2D eigenvalue weighted by Crippen LogP contribution is 2.43. The van der Waals surface area contributed by atoms with Gasteiger partial charge in [-0.1, -0.05) is 18.2 Å². The van der Waals surface area contributed by atoms with E-state index in [1.807, 2.05) is 0 Å². The Morgan fingerprint density at radius 3 is 2.26 bits per heavy atom. The van der Waals surface area contributed by atoms with E-state index in [4.69, 9.17) is 0 Å². The van der Waals surface area contributed by atoms with Gasteiger partial charge in [0.2, 0.25) is 0 Å². The Morgan fingerprint density at radius 2 is 1.58 bits per heavy atom. The average molecular weight is 255 g/mol. The van der Waals surface area contributed by atoms with Gasteiger partial charge in [0.1, 0.15) is 0 Å². The minimum Gasteiger partial charge on any atom is -0.504 e. The van der Waals surface area contributed by atoms with Gasteiger partial charge in [0, 0.05) is 5.69 Å². The summed E-state index contributed by atoms with van der Waals surface area (Å²) in [5, 5.41) is 19.1. The number of carbonyl (C=O) groups is 2. The molecule has 1 amide bonds. The van der Waals surface area contributed by atoms with Gasteiger partial charge in [0.25, 0.3) is 5.78 Å². The summed E-state index contributed by atoms with van der Waals surface area (Å²) in [5.41, 5.74) is 0.648. The van der Waals surface area contributed by atoms with Crippen LogP contribution in [0.1, 0.15) is 10.4 Å². The molecule has 0 fully saturated rings. The third kappa shape index (κ3) is 1.48. The molecule has 2 aromatic carbocycles. The highest BCUT2D eigenvalue weighted by Gasteiger charge is 2.39. The van der Waals surface area contributed by atoms with Gasteiger partial charge in [-0.25, -0.2) is 0 Å². The Balaban J connectivity index is 2.25. The molecule has 1 aliphatic rings. The van der Waals surface area contributed by atoms with Crippen LogP contribution >= 0.6 is 0 Å². The molecule has 0 radical (unpaired) electrons. The van der Waals surface area contributed by atoms with Crippen LogP contribution < -0.4 is 4.90 Å². The molecule has 94 valence electrons. The summed E-state index contributed by atoms with van der Waals surface area (Å²) in [6.07, 6.45) is 0. The molecule has 0 spiro atoms. The first-order valence-corrected chi connectivity index (χ1v) is 5.60. The quantitative estimate of drug-likeness (QED) is 0.603. The number of para-hydroxylation sites is 1. The number of fused-ring (bicyclic) bond motifs is 1. The van der Waals surface area contributed by atoms with Crippen LogP contribution in [-0.2, 0) is 4.79 Å². The Hall–Kier alpha value is -2.82. The summed E-state index contributed by atoms with van der Waals surface area (Å²) < 4.78 is 0. The van der Waals surface area contributed by atoms with Crippen molar-refractivity contribution in [3.05, 3.63) is 48.0 Å². The molecule has 1 heterocycles. The number of hydrogen-bond donors (Lipinski definition) is 2. The highest BCUT2D eigenvalue weighted by atomic mass is 16.3. The summed E-state index contributed by atoms with van der Waals surface area (Å²) in [6, 6.07) is 11.3. The zero-order chi connectivity index (χ0) is 13.6. The van der Waals surface area contributed by atoms with E-state index in [2.05, 4.69) is 0 Å². The van der Waals surface area contributed by atoms with Crippen LogP contribution in [0.5, 0.6) is 11.5 Å². The second kappa shape index (κ2) is 3.84. The molecule has 3 rings (SSSR count). The molecule has 5 heteroatoms. The maximum absolute atomic E-state index is 12.0. The van der Waals surface area contributed by atoms with Gasteiger partial charge in [-0.15, -0.1) is 0 Å². The van der Waals surface area contributed by atoms with E-state index in [1.165, 1.54) is 17.0 Å². The molecule has 0 atom stereocenters. The zero-order valence-corrected chi connectivity index (χ0v) is 9.70. The van der Waals surface area contributed by atoms with Crippen molar-refractivity contribution < 1.29 is 19.8 Å². The smallest absolute Gasteiger partial charge is 0.304 e. The number of anilines is 2. The number of rotatable bonds is 1. The molecular weight excluding hydrogens is 246 g/mol. The SMILES string of the molecule is O=C1C(=O)N(c2ccccc2)c2ccc(O)c(O)c21. The van der Waals surface area contributed by atoms with Crippen molar-refractivity contribution in [2.24, 2.45) is 0 Å². The molecule has 0 saturated carbocycles. The number of ketones is 1. The zero-order valence-electron chi connectivity index (χ0n) is 9.70. The lowest BCUT2D eigenvalue weighted by molar-refractivity contribution is -0.113. The predicted molar refractivity (Wildman–Crippen MR) is 67.7 cm³/mol. The Bertz CT molecular complexity index is 694. The Kier molecular flexibility index (Phi) is 2.28. The van der Waals surface area contributed by atoms with Gasteiger partial charge in [0.15, 0.2) is 11.5 Å². The predicted octanol–water partition coefficient (Wildman–Crippen LogP) is 1.96. The maximum atomic E-state index is 12.0. The van der Waals surface area contributed by atoms with Crippen molar-refractivity contribution in [2.45, 2.75) is 0 Å². The van der Waals surface area contributed by atoms with Crippen molar-refractivity contribution in [1.82, 2.24) is 0 Å². The number of hydrogen-bond acceptors (Lipinski definition) is 4. The van der Waals surface area contributed by atoms with Gasteiger partial charge < -0.3 is 10.2 Å². The first kappa shape index (κ1) is 11.3. The summed E-state index contributed by atoms with van der Waals surface area (Å²) in [6.45, 7) is 0. The van der Waals surface area contributed by atoms with Crippen molar-refractivity contribution in [3.8, 4) is 11.5 Å². The highest BCUT2D eigenvalue weighted by molar-refractivity contribution is 6.54. The minimum atomic E-state index is -0.827. The van der Waals surface area contributed by atoms with E-state index in [1.54, 1.807) is 30.3 Å². The van der Waals surface area contributed by atoms with Crippen LogP contribution in [0.3, 0.4) is 0 Å². The maximum Gasteiger partial charge on any atom is 0.304 e. The van der Waals surface area contributed by atoms with E-state index >= 15 is 0 Å². The molecule has 1 aliphatic heterocycles. The standard InChI is InChI=1S/C14H9NO4/c16-10-7-6-9-11(12(10)17)13(18)14(19)15(9)8-4-2-1-3-5-8/h1-7,16-17H. The number of amides is 1. The summed E-state index contributed by atoms with van der Waals surface area (Å²) in [4.78, 5) is 25.1. The first-order valence-electron chi connectivity index (χ1n) is 5.60. The van der Waals surface area contributed by atoms with Gasteiger partial charge in [-0.3, -0.25) is 14.5 Å². The lowest BCUT2D eigenvalue weighted by Crippen LogP contribution is -2.24. The normalized spacial score (nSPS) is 13.8. The third-order valence-electron chi connectivity index (χ3n) is 3.01. The molecule has 0 unspecified atom stereocenters. The van der Waals surface area contributed by atoms with Crippen LogP contribution in [0.2, 0.25) is 0 Å². The number of phenols is 2. The first-order chi connectivity index (χ1) is 9.11. The summed E-state index contributed by atoms with van der Waals surface area (Å²) in [5.74, 6) is -2.56. The largest absolute Gasteiger partial charge is 0.504 e. The van der Waals surface area contributed by atoms with Gasteiger partial charge in [0.05, 0.1) is 11.3 Å². The van der Waals surface area contributed by atoms with Gasteiger partial charge >= 0.3 is 5.91 Å². The Labute approximate surface area is 108 Å². The fraction of sp³-hybridized carbons (Fsp3) is 0. The van der Waals surface area contributed by atoms with Crippen LogP contribution in [0.4, 0.5) is 11.4 Å². The molecule has 2 aromatic rings. The lowest BCUT2D eigenvalue weighted by atomic mass is 10.1. The van der Waals surface area contributed by atoms with Crippen molar-refractivity contribution in [3.63, 3.8) is 0 Å². The third-order valence-corrected chi connectivity index (χ3v) is 3.01. The van der Waals surface area contributed by atoms with Crippen LogP contribution in [0.15, 0.2) is 42.5 Å². The number of nitrogens with zero attached hydrogens (tertiary/aromatic N) is 1. The summed E-state index contributed by atoms with van der Waals surface area (Å²) in [7, 11) is 0. The molecule has 2 N–H and O–H groups in total. The minimum absolute atomic E-state index is 0.158. The fourth-order valence-electron chi connectivity index (χ4n) is 2.13. The van der Waals surface area contributed by atoms with E-state index in [0.717, 1.165) is 0 Å². The molecule has 0 bridgehead atoms. The topological polar surface area (TPSA) is 77.8 Å². The van der Waals surface area contributed by atoms with Gasteiger partial charge in [-0.2, -0.15) is 0 Å². The Morgan fingerprint density at radius 1 is 0.895 bits per heavy atom. The average Bonchev–Trinajstić information content (AvgIpc) is 2.68. The second-order valence-corrected chi connectivity index (χ2v) is 4.13. The molecule has 0 aliphatic carbocycles.